The van der Waals surface area contributed by atoms with Crippen LogP contribution in [0, 0.1) is 6.92 Å². The van der Waals surface area contributed by atoms with Crippen molar-refractivity contribution in [3.8, 4) is 28.3 Å². The van der Waals surface area contributed by atoms with Crippen LogP contribution in [0.3, 0.4) is 0 Å². The molecule has 112 valence electrons. The fourth-order valence-electron chi connectivity index (χ4n) is 2.10. The zero-order valence-electron chi connectivity index (χ0n) is 11.3. The minimum atomic E-state index is -0.756. The molecule has 0 atom stereocenters. The molecule has 0 amide bonds. The molecule has 2 N–H and O–H groups in total. The second-order valence-corrected chi connectivity index (χ2v) is 5.08. The maximum atomic E-state index is 12.0. The number of benzene rings is 1. The van der Waals surface area contributed by atoms with Crippen LogP contribution in [0.25, 0.3) is 22.6 Å². The summed E-state index contributed by atoms with van der Waals surface area (Å²) >= 11 is 5.83. The van der Waals surface area contributed by atoms with Gasteiger partial charge in [0.2, 0.25) is 11.2 Å². The number of aromatic hydroxyl groups is 1. The molecule has 0 spiro atoms. The SMILES string of the molecule is Cc1cc(=O)c(O)c(-c2c(-c3ccc(Cl)cc3)[nH]oc2=O)o1. The molecule has 3 rings (SSSR count). The third-order valence-electron chi connectivity index (χ3n) is 3.11. The summed E-state index contributed by atoms with van der Waals surface area (Å²) in [5.41, 5.74) is -0.574. The summed E-state index contributed by atoms with van der Waals surface area (Å²) in [6.07, 6.45) is 0. The molecular weight excluding hydrogens is 310 g/mol. The van der Waals surface area contributed by atoms with E-state index in [9.17, 15) is 14.7 Å². The molecule has 0 radical (unpaired) electrons. The van der Waals surface area contributed by atoms with Gasteiger partial charge in [-0.25, -0.2) is 9.95 Å². The highest BCUT2D eigenvalue weighted by atomic mass is 35.5. The fraction of sp³-hybridized carbons (Fsp3) is 0.0667. The predicted octanol–water partition coefficient (Wildman–Crippen LogP) is 2.92. The van der Waals surface area contributed by atoms with Crippen LogP contribution >= 0.6 is 11.6 Å². The van der Waals surface area contributed by atoms with Gasteiger partial charge in [0.15, 0.2) is 5.76 Å². The van der Waals surface area contributed by atoms with Crippen LogP contribution in [-0.2, 0) is 0 Å². The Bertz CT molecular complexity index is 949. The second kappa shape index (κ2) is 5.23. The molecule has 0 saturated carbocycles. The Balaban J connectivity index is 2.29. The standard InChI is InChI=1S/C15H10ClNO5/c1-7-6-10(18)13(19)14(21-7)11-12(17-22-15(11)20)8-2-4-9(16)5-3-8/h2-6,17,19H,1H3. The summed E-state index contributed by atoms with van der Waals surface area (Å²) in [5, 5.41) is 12.9. The molecule has 0 saturated heterocycles. The van der Waals surface area contributed by atoms with Gasteiger partial charge < -0.3 is 14.0 Å². The van der Waals surface area contributed by atoms with Gasteiger partial charge in [0.1, 0.15) is 11.3 Å². The third-order valence-corrected chi connectivity index (χ3v) is 3.36. The topological polar surface area (TPSA) is 96.4 Å². The molecule has 22 heavy (non-hydrogen) atoms. The first-order chi connectivity index (χ1) is 10.5. The van der Waals surface area contributed by atoms with Gasteiger partial charge in [-0.15, -0.1) is 0 Å². The molecule has 2 heterocycles. The number of aromatic nitrogens is 1. The summed E-state index contributed by atoms with van der Waals surface area (Å²) in [6.45, 7) is 1.54. The molecular formula is C15H10ClNO5. The van der Waals surface area contributed by atoms with Gasteiger partial charge in [0.05, 0.1) is 5.69 Å². The maximum Gasteiger partial charge on any atom is 0.368 e. The first-order valence-electron chi connectivity index (χ1n) is 6.29. The van der Waals surface area contributed by atoms with Crippen molar-refractivity contribution in [2.75, 3.05) is 0 Å². The van der Waals surface area contributed by atoms with Crippen molar-refractivity contribution < 1.29 is 14.0 Å². The van der Waals surface area contributed by atoms with E-state index in [0.717, 1.165) is 6.07 Å². The van der Waals surface area contributed by atoms with E-state index in [1.54, 1.807) is 31.2 Å². The molecule has 7 heteroatoms. The van der Waals surface area contributed by atoms with Gasteiger partial charge in [-0.2, -0.15) is 0 Å². The van der Waals surface area contributed by atoms with E-state index in [1.165, 1.54) is 0 Å². The lowest BCUT2D eigenvalue weighted by Gasteiger charge is -2.04. The number of aromatic amines is 1. The summed E-state index contributed by atoms with van der Waals surface area (Å²) < 4.78 is 10.1. The lowest BCUT2D eigenvalue weighted by Crippen LogP contribution is -2.05. The van der Waals surface area contributed by atoms with Crippen molar-refractivity contribution in [2.24, 2.45) is 0 Å². The minimum Gasteiger partial charge on any atom is -0.502 e. The fourth-order valence-corrected chi connectivity index (χ4v) is 2.23. The van der Waals surface area contributed by atoms with Gasteiger partial charge in [-0.3, -0.25) is 4.79 Å². The molecule has 0 fully saturated rings. The zero-order valence-corrected chi connectivity index (χ0v) is 12.1. The minimum absolute atomic E-state index is 0.0550. The molecule has 0 aliphatic rings. The smallest absolute Gasteiger partial charge is 0.368 e. The highest BCUT2D eigenvalue weighted by Gasteiger charge is 2.23. The molecule has 3 aromatic rings. The van der Waals surface area contributed by atoms with E-state index in [0.29, 0.717) is 10.6 Å². The third kappa shape index (κ3) is 2.33. The zero-order chi connectivity index (χ0) is 15.9. The first kappa shape index (κ1) is 14.2. The lowest BCUT2D eigenvalue weighted by atomic mass is 10.1. The average molecular weight is 320 g/mol. The highest BCUT2D eigenvalue weighted by molar-refractivity contribution is 6.30. The van der Waals surface area contributed by atoms with Gasteiger partial charge in [-0.05, 0) is 19.1 Å². The molecule has 2 aromatic heterocycles. The Morgan fingerprint density at radius 1 is 1.18 bits per heavy atom. The van der Waals surface area contributed by atoms with E-state index >= 15 is 0 Å². The van der Waals surface area contributed by atoms with Gasteiger partial charge in [-0.1, -0.05) is 23.7 Å². The van der Waals surface area contributed by atoms with Crippen LogP contribution in [-0.4, -0.2) is 10.3 Å². The second-order valence-electron chi connectivity index (χ2n) is 4.65. The van der Waals surface area contributed by atoms with Crippen LogP contribution in [0.1, 0.15) is 5.76 Å². The van der Waals surface area contributed by atoms with E-state index in [2.05, 4.69) is 5.16 Å². The van der Waals surface area contributed by atoms with E-state index in [-0.39, 0.29) is 22.8 Å². The van der Waals surface area contributed by atoms with Gasteiger partial charge >= 0.3 is 5.63 Å². The van der Waals surface area contributed by atoms with Crippen molar-refractivity contribution in [1.29, 1.82) is 0 Å². The number of rotatable bonds is 2. The Morgan fingerprint density at radius 2 is 1.86 bits per heavy atom. The monoisotopic (exact) mass is 319 g/mol. The number of H-pyrrole nitrogens is 1. The Kier molecular flexibility index (Phi) is 3.38. The van der Waals surface area contributed by atoms with Crippen molar-refractivity contribution in [3.63, 3.8) is 0 Å². The highest BCUT2D eigenvalue weighted by Crippen LogP contribution is 2.32. The number of nitrogens with one attached hydrogen (secondary N) is 1. The Labute approximate surface area is 128 Å². The Morgan fingerprint density at radius 3 is 2.55 bits per heavy atom. The van der Waals surface area contributed by atoms with Crippen LogP contribution in [0.5, 0.6) is 5.75 Å². The van der Waals surface area contributed by atoms with Crippen molar-refractivity contribution >= 4 is 11.6 Å². The normalized spacial score (nSPS) is 10.8. The molecule has 6 nitrogen and oxygen atoms in total. The summed E-state index contributed by atoms with van der Waals surface area (Å²) in [7, 11) is 0. The summed E-state index contributed by atoms with van der Waals surface area (Å²) in [5.74, 6) is -0.613. The predicted molar refractivity (Wildman–Crippen MR) is 80.1 cm³/mol. The van der Waals surface area contributed by atoms with E-state index in [4.69, 9.17) is 20.5 Å². The number of hydrogen-bond donors (Lipinski definition) is 2. The quantitative estimate of drug-likeness (QED) is 0.757. The van der Waals surface area contributed by atoms with Crippen molar-refractivity contribution in [1.82, 2.24) is 5.16 Å². The van der Waals surface area contributed by atoms with Crippen molar-refractivity contribution in [2.45, 2.75) is 6.92 Å². The first-order valence-corrected chi connectivity index (χ1v) is 6.66. The van der Waals surface area contributed by atoms with Crippen molar-refractivity contribution in [3.05, 3.63) is 61.8 Å². The van der Waals surface area contributed by atoms with Crippen LogP contribution in [0.4, 0.5) is 0 Å². The van der Waals surface area contributed by atoms with Crippen LogP contribution in [0.15, 0.2) is 48.9 Å². The molecule has 0 aliphatic heterocycles. The molecule has 1 aromatic carbocycles. The summed E-state index contributed by atoms with van der Waals surface area (Å²) in [6, 6.07) is 7.74. The Hall–Kier alpha value is -2.73. The van der Waals surface area contributed by atoms with Crippen LogP contribution < -0.4 is 11.1 Å². The molecule has 0 unspecified atom stereocenters. The van der Waals surface area contributed by atoms with Crippen LogP contribution in [0.2, 0.25) is 5.02 Å². The number of hydrogen-bond acceptors (Lipinski definition) is 5. The lowest BCUT2D eigenvalue weighted by molar-refractivity contribution is 0.392. The average Bonchev–Trinajstić information content (AvgIpc) is 2.85. The number of halogens is 1. The molecule has 0 bridgehead atoms. The van der Waals surface area contributed by atoms with Gasteiger partial charge in [0, 0.05) is 16.7 Å². The van der Waals surface area contributed by atoms with E-state index < -0.39 is 16.8 Å². The maximum absolute atomic E-state index is 12.0. The van der Waals surface area contributed by atoms with E-state index in [1.807, 2.05) is 0 Å². The number of aryl methyl sites for hydroxylation is 1. The molecule has 0 aliphatic carbocycles. The summed E-state index contributed by atoms with van der Waals surface area (Å²) in [4.78, 5) is 23.6. The largest absolute Gasteiger partial charge is 0.502 e. The van der Waals surface area contributed by atoms with Gasteiger partial charge in [0.25, 0.3) is 0 Å².